The number of amides is 1. The van der Waals surface area contributed by atoms with Gasteiger partial charge in [-0.05, 0) is 38.1 Å². The third-order valence-corrected chi connectivity index (χ3v) is 4.92. The van der Waals surface area contributed by atoms with Crippen LogP contribution < -0.4 is 9.64 Å². The van der Waals surface area contributed by atoms with Gasteiger partial charge in [0.2, 0.25) is 0 Å². The smallest absolute Gasteiger partial charge is 0.406 e. The van der Waals surface area contributed by atoms with Gasteiger partial charge >= 0.3 is 12.9 Å². The van der Waals surface area contributed by atoms with Crippen LogP contribution in [0.4, 0.5) is 32.2 Å². The average Bonchev–Trinajstić information content (AvgIpc) is 2.71. The van der Waals surface area contributed by atoms with Crippen molar-refractivity contribution in [1.29, 1.82) is 0 Å². The Balaban J connectivity index is 2.04. The fourth-order valence-corrected chi connectivity index (χ4v) is 3.33. The summed E-state index contributed by atoms with van der Waals surface area (Å²) in [6.07, 6.45) is -4.87. The van der Waals surface area contributed by atoms with Gasteiger partial charge in [0.15, 0.2) is 11.6 Å². The van der Waals surface area contributed by atoms with E-state index in [9.17, 15) is 31.1 Å². The number of rotatable bonds is 6. The first-order valence-corrected chi connectivity index (χ1v) is 9.79. The number of nitrogens with zero attached hydrogens (tertiary/aromatic N) is 4. The first-order chi connectivity index (χ1) is 15.9. The molecule has 0 saturated carbocycles. The molecule has 1 aliphatic heterocycles. The highest BCUT2D eigenvalue weighted by atomic mass is 19.4. The lowest BCUT2D eigenvalue weighted by Crippen LogP contribution is -2.49. The molecule has 0 bridgehead atoms. The molecule has 0 spiro atoms. The summed E-state index contributed by atoms with van der Waals surface area (Å²) in [5.74, 6) is -0.684. The Morgan fingerprint density at radius 1 is 1.24 bits per heavy atom. The molecule has 34 heavy (non-hydrogen) atoms. The van der Waals surface area contributed by atoms with E-state index >= 15 is 0 Å². The second-order valence-corrected chi connectivity index (χ2v) is 7.27. The number of carbonyl (C=O) groups is 1. The lowest BCUT2D eigenvalue weighted by Gasteiger charge is -2.38. The van der Waals surface area contributed by atoms with Crippen molar-refractivity contribution < 1.29 is 35.9 Å². The molecule has 2 heterocycles. The van der Waals surface area contributed by atoms with Gasteiger partial charge < -0.3 is 9.64 Å². The van der Waals surface area contributed by atoms with E-state index in [4.69, 9.17) is 0 Å². The maximum absolute atomic E-state index is 13.7. The van der Waals surface area contributed by atoms with Crippen molar-refractivity contribution in [3.63, 3.8) is 0 Å². The van der Waals surface area contributed by atoms with Crippen molar-refractivity contribution >= 4 is 11.7 Å². The number of anilines is 1. The highest BCUT2D eigenvalue weighted by Gasteiger charge is 2.36. The van der Waals surface area contributed by atoms with Gasteiger partial charge in [-0.1, -0.05) is 12.5 Å². The first kappa shape index (κ1) is 24.9. The van der Waals surface area contributed by atoms with Crippen LogP contribution in [0.5, 0.6) is 5.75 Å². The molecule has 0 N–H and O–H groups in total. The highest BCUT2D eigenvalue weighted by molar-refractivity contribution is 5.91. The fourth-order valence-electron chi connectivity index (χ4n) is 3.33. The normalized spacial score (nSPS) is 13.7. The molecule has 1 aromatic heterocycles. The number of alkyl halides is 5. The van der Waals surface area contributed by atoms with E-state index in [2.05, 4.69) is 33.2 Å². The maximum atomic E-state index is 13.7. The standard InChI is InChI=1S/C22H18F6N4O2/c1-4-9-32(21(24)25)19-12(2)17(14-5-7-16(8-6-14)34-22(26,27)28)29-18(30-19)15-10-31(11-15)20(33)13(3)23/h5-8,15,21H,3,10-11H2,1-2H3. The summed E-state index contributed by atoms with van der Waals surface area (Å²) in [6, 6.07) is 7.00. The van der Waals surface area contributed by atoms with Crippen molar-refractivity contribution in [3.8, 4) is 29.0 Å². The minimum Gasteiger partial charge on any atom is -0.406 e. The Hall–Kier alpha value is -3.75. The quantitative estimate of drug-likeness (QED) is 0.194. The third kappa shape index (κ3) is 5.41. The summed E-state index contributed by atoms with van der Waals surface area (Å²) in [5, 5.41) is 0. The molecule has 0 aliphatic carbocycles. The van der Waals surface area contributed by atoms with E-state index in [-0.39, 0.29) is 36.0 Å². The number of benzene rings is 1. The summed E-state index contributed by atoms with van der Waals surface area (Å²) in [4.78, 5) is 22.0. The monoisotopic (exact) mass is 484 g/mol. The summed E-state index contributed by atoms with van der Waals surface area (Å²) >= 11 is 0. The van der Waals surface area contributed by atoms with Crippen molar-refractivity contribution in [1.82, 2.24) is 14.9 Å². The molecule has 3 rings (SSSR count). The second-order valence-electron chi connectivity index (χ2n) is 7.27. The number of carbonyl (C=O) groups excluding carboxylic acids is 1. The molecule has 6 nitrogen and oxygen atoms in total. The van der Waals surface area contributed by atoms with Crippen molar-refractivity contribution in [2.24, 2.45) is 0 Å². The number of halogens is 6. The van der Waals surface area contributed by atoms with Crippen LogP contribution in [0.25, 0.3) is 11.3 Å². The predicted octanol–water partition coefficient (Wildman–Crippen LogP) is 4.77. The Bertz CT molecular complexity index is 1150. The van der Waals surface area contributed by atoms with Crippen LogP contribution in [0.3, 0.4) is 0 Å². The van der Waals surface area contributed by atoms with Crippen LogP contribution >= 0.6 is 0 Å². The van der Waals surface area contributed by atoms with Crippen molar-refractivity contribution in [3.05, 3.63) is 48.1 Å². The van der Waals surface area contributed by atoms with Crippen molar-refractivity contribution in [2.75, 3.05) is 18.0 Å². The highest BCUT2D eigenvalue weighted by Crippen LogP contribution is 2.35. The van der Waals surface area contributed by atoms with E-state index in [0.717, 1.165) is 17.0 Å². The average molecular weight is 484 g/mol. The topological polar surface area (TPSA) is 58.6 Å². The molecule has 0 atom stereocenters. The van der Waals surface area contributed by atoms with E-state index in [1.807, 2.05) is 0 Å². The predicted molar refractivity (Wildman–Crippen MR) is 110 cm³/mol. The Morgan fingerprint density at radius 2 is 1.85 bits per heavy atom. The van der Waals surface area contributed by atoms with Gasteiger partial charge in [0.25, 0.3) is 5.91 Å². The molecule has 0 unspecified atom stereocenters. The molecule has 180 valence electrons. The molecule has 1 amide bonds. The fraction of sp³-hybridized carbons (Fsp3) is 0.318. The molecular formula is C22H18F6N4O2. The van der Waals surface area contributed by atoms with Crippen LogP contribution in [-0.4, -0.2) is 46.8 Å². The SMILES string of the molecule is C=C(F)C(=O)N1CC(c2nc(-c3ccc(OC(F)(F)F)cc3)c(C)c(N(C#CC)C(F)F)n2)C1. The van der Waals surface area contributed by atoms with E-state index < -0.39 is 36.3 Å². The van der Waals surface area contributed by atoms with Gasteiger partial charge in [0.1, 0.15) is 11.6 Å². The zero-order chi connectivity index (χ0) is 25.2. The van der Waals surface area contributed by atoms with E-state index in [0.29, 0.717) is 10.5 Å². The number of ether oxygens (including phenoxy) is 1. The van der Waals surface area contributed by atoms with Crippen LogP contribution in [-0.2, 0) is 4.79 Å². The molecular weight excluding hydrogens is 466 g/mol. The summed E-state index contributed by atoms with van der Waals surface area (Å²) in [6.45, 7) is 2.84. The first-order valence-electron chi connectivity index (χ1n) is 9.79. The molecule has 1 aliphatic rings. The van der Waals surface area contributed by atoms with Gasteiger partial charge in [-0.25, -0.2) is 19.3 Å². The summed E-state index contributed by atoms with van der Waals surface area (Å²) in [5.41, 5.74) is 0.711. The van der Waals surface area contributed by atoms with Crippen LogP contribution in [0.15, 0.2) is 36.7 Å². The molecule has 2 aromatic rings. The molecule has 0 radical (unpaired) electrons. The van der Waals surface area contributed by atoms with Crippen LogP contribution in [0, 0.1) is 18.9 Å². The lowest BCUT2D eigenvalue weighted by atomic mass is 9.97. The molecule has 12 heteroatoms. The van der Waals surface area contributed by atoms with Gasteiger partial charge in [-0.2, -0.15) is 8.78 Å². The van der Waals surface area contributed by atoms with Gasteiger partial charge in [0.05, 0.1) is 11.6 Å². The Labute approximate surface area is 190 Å². The van der Waals surface area contributed by atoms with Crippen LogP contribution in [0.1, 0.15) is 24.2 Å². The minimum absolute atomic E-state index is 0.0379. The molecule has 1 aromatic carbocycles. The molecule has 1 saturated heterocycles. The Kier molecular flexibility index (Phi) is 7.04. The zero-order valence-corrected chi connectivity index (χ0v) is 18.0. The van der Waals surface area contributed by atoms with E-state index in [1.165, 1.54) is 26.0 Å². The lowest BCUT2D eigenvalue weighted by molar-refractivity contribution is -0.274. The van der Waals surface area contributed by atoms with Gasteiger partial charge in [0, 0.05) is 30.3 Å². The summed E-state index contributed by atoms with van der Waals surface area (Å²) in [7, 11) is 0. The second kappa shape index (κ2) is 9.62. The van der Waals surface area contributed by atoms with E-state index in [1.54, 1.807) is 0 Å². The zero-order valence-electron chi connectivity index (χ0n) is 18.0. The van der Waals surface area contributed by atoms with Crippen LogP contribution in [0.2, 0.25) is 0 Å². The molecule has 1 fully saturated rings. The van der Waals surface area contributed by atoms with Gasteiger partial charge in [-0.15, -0.1) is 13.2 Å². The van der Waals surface area contributed by atoms with Gasteiger partial charge in [-0.3, -0.25) is 4.79 Å². The largest absolute Gasteiger partial charge is 0.573 e. The van der Waals surface area contributed by atoms with Crippen molar-refractivity contribution in [2.45, 2.75) is 32.7 Å². The third-order valence-electron chi connectivity index (χ3n) is 4.92. The summed E-state index contributed by atoms with van der Waals surface area (Å²) < 4.78 is 81.8. The minimum atomic E-state index is -4.87. The number of hydrogen-bond acceptors (Lipinski definition) is 5. The number of hydrogen-bond donors (Lipinski definition) is 0. The number of likely N-dealkylation sites (tertiary alicyclic amines) is 1. The maximum Gasteiger partial charge on any atom is 0.573 e. The number of aromatic nitrogens is 2. The Morgan fingerprint density at radius 3 is 2.35 bits per heavy atom.